The molecule has 2 aliphatic heterocycles. The Balaban J connectivity index is 1.25. The largest absolute Gasteiger partial charge is 0.497 e. The van der Waals surface area contributed by atoms with Crippen molar-refractivity contribution >= 4 is 44.4 Å². The third kappa shape index (κ3) is 8.15. The standard InChI is InChI=1S/C41H48F2N6O9S/c1-23-7-5-6-8-25-18-41(25,39(53)48-59(54,55)40(22-42)12-13-40)47-36(51)32-17-27(58-37-28-10-9-26(56-3)16-30(28)33(57-4)20-45-37)21-49(32)38(52)34(24(2)15-23)46-35(50)29-11-14-44-19-31(29)43/h6,8-11,14,16,19-20,23-25,27,32,34H,5,7,12-13,15,17-18,21-22H2,1-4H3,(H,46,50)(H,47,51)(H,48,53)/b8-6-/t23-,24-,25?,27-,32+,34+,41?/m1/s1. The van der Waals surface area contributed by atoms with Gasteiger partial charge in [0.1, 0.15) is 46.6 Å². The molecule has 2 aromatic heterocycles. The summed E-state index contributed by atoms with van der Waals surface area (Å²) < 4.78 is 72.8. The van der Waals surface area contributed by atoms with Crippen LogP contribution < -0.4 is 29.6 Å². The lowest BCUT2D eigenvalue weighted by atomic mass is 9.87. The van der Waals surface area contributed by atoms with Gasteiger partial charge in [0.25, 0.3) is 11.8 Å². The Kier molecular flexibility index (Phi) is 11.6. The Morgan fingerprint density at radius 1 is 1.07 bits per heavy atom. The molecule has 2 unspecified atom stereocenters. The van der Waals surface area contributed by atoms with E-state index in [-0.39, 0.29) is 49.6 Å². The van der Waals surface area contributed by atoms with Gasteiger partial charge in [0.05, 0.1) is 38.7 Å². The second-order valence-electron chi connectivity index (χ2n) is 16.2. The lowest BCUT2D eigenvalue weighted by molar-refractivity contribution is -0.142. The van der Waals surface area contributed by atoms with Crippen LogP contribution in [-0.4, -0.2) is 103 Å². The first-order chi connectivity index (χ1) is 28.2. The van der Waals surface area contributed by atoms with E-state index in [1.165, 1.54) is 37.6 Å². The molecule has 0 bridgehead atoms. The van der Waals surface area contributed by atoms with E-state index in [0.29, 0.717) is 41.5 Å². The molecule has 1 aromatic carbocycles. The Morgan fingerprint density at radius 2 is 1.85 bits per heavy atom. The molecular formula is C41H48F2N6O9S. The van der Waals surface area contributed by atoms with Crippen molar-refractivity contribution in [2.75, 3.05) is 27.4 Å². The molecule has 7 atom stereocenters. The zero-order chi connectivity index (χ0) is 42.3. The number of sulfonamides is 1. The molecule has 59 heavy (non-hydrogen) atoms. The molecule has 18 heteroatoms. The number of amides is 4. The number of fused-ring (bicyclic) bond motifs is 3. The topological polar surface area (TPSA) is 195 Å². The molecule has 3 aromatic rings. The number of halogens is 2. The predicted octanol–water partition coefficient (Wildman–Crippen LogP) is 3.77. The SMILES string of the molecule is COc1ccc2c(O[C@@H]3C[C@H]4C(=O)NC5(C(=O)NS(=O)(=O)C6(CF)CC6)CC5/C=C\CC[C@@H](C)C[C@@H](C)[C@H](NC(=O)c5ccncc5F)C(=O)N4C3)ncc(OC)c2c1. The first kappa shape index (κ1) is 41.8. The van der Waals surface area contributed by atoms with E-state index in [0.717, 1.165) is 6.20 Å². The number of methoxy groups -OCH3 is 2. The molecule has 316 valence electrons. The second kappa shape index (κ2) is 16.3. The first-order valence-electron chi connectivity index (χ1n) is 19.7. The van der Waals surface area contributed by atoms with Gasteiger partial charge >= 0.3 is 0 Å². The lowest BCUT2D eigenvalue weighted by Crippen LogP contribution is -2.59. The number of hydrogen-bond acceptors (Lipinski definition) is 11. The van der Waals surface area contributed by atoms with Crippen molar-refractivity contribution in [1.82, 2.24) is 30.2 Å². The number of carbonyl (C=O) groups excluding carboxylic acids is 4. The van der Waals surface area contributed by atoms with Gasteiger partial charge in [-0.3, -0.25) is 28.9 Å². The van der Waals surface area contributed by atoms with Crippen LogP contribution in [0, 0.1) is 23.6 Å². The van der Waals surface area contributed by atoms with Crippen LogP contribution in [0.1, 0.15) is 69.2 Å². The molecule has 4 heterocycles. The summed E-state index contributed by atoms with van der Waals surface area (Å²) in [6.07, 6.45) is 8.23. The molecule has 4 aliphatic rings. The minimum atomic E-state index is -4.43. The summed E-state index contributed by atoms with van der Waals surface area (Å²) in [6, 6.07) is 3.90. The number of rotatable bonds is 10. The van der Waals surface area contributed by atoms with Gasteiger partial charge in [-0.1, -0.05) is 26.0 Å². The molecule has 15 nitrogen and oxygen atoms in total. The van der Waals surface area contributed by atoms with Crippen molar-refractivity contribution in [1.29, 1.82) is 0 Å². The quantitative estimate of drug-likeness (QED) is 0.252. The average Bonchev–Trinajstić information content (AvgIpc) is 4.12. The number of aromatic nitrogens is 2. The van der Waals surface area contributed by atoms with Crippen molar-refractivity contribution in [3.8, 4) is 17.4 Å². The zero-order valence-corrected chi connectivity index (χ0v) is 34.0. The summed E-state index contributed by atoms with van der Waals surface area (Å²) in [5, 5.41) is 6.72. The number of benzene rings is 1. The number of allylic oxidation sites excluding steroid dienone is 1. The second-order valence-corrected chi connectivity index (χ2v) is 18.3. The minimum Gasteiger partial charge on any atom is -0.497 e. The van der Waals surface area contributed by atoms with Crippen LogP contribution >= 0.6 is 0 Å². The van der Waals surface area contributed by atoms with Gasteiger partial charge in [-0.05, 0) is 74.6 Å². The fourth-order valence-electron chi connectivity index (χ4n) is 8.24. The highest BCUT2D eigenvalue weighted by atomic mass is 32.2. The van der Waals surface area contributed by atoms with E-state index in [1.807, 2.05) is 13.0 Å². The summed E-state index contributed by atoms with van der Waals surface area (Å²) in [7, 11) is -1.40. The maximum atomic E-state index is 14.9. The van der Waals surface area contributed by atoms with E-state index < -0.39 is 86.5 Å². The number of nitrogens with zero attached hydrogens (tertiary/aromatic N) is 3. The number of carbonyl (C=O) groups is 4. The van der Waals surface area contributed by atoms with E-state index in [2.05, 4.69) is 25.3 Å². The van der Waals surface area contributed by atoms with Crippen molar-refractivity contribution in [3.63, 3.8) is 0 Å². The van der Waals surface area contributed by atoms with E-state index >= 15 is 0 Å². The summed E-state index contributed by atoms with van der Waals surface area (Å²) in [6.45, 7) is 2.49. The number of nitrogens with one attached hydrogen (secondary N) is 3. The predicted molar refractivity (Wildman–Crippen MR) is 210 cm³/mol. The van der Waals surface area contributed by atoms with Crippen LogP contribution in [0.15, 0.2) is 55.0 Å². The van der Waals surface area contributed by atoms with Crippen LogP contribution in [0.5, 0.6) is 17.4 Å². The van der Waals surface area contributed by atoms with E-state index in [9.17, 15) is 36.4 Å². The molecule has 0 spiro atoms. The fourth-order valence-corrected chi connectivity index (χ4v) is 9.67. The van der Waals surface area contributed by atoms with Crippen LogP contribution in [-0.2, 0) is 24.4 Å². The Hall–Kier alpha value is -5.39. The smallest absolute Gasteiger partial charge is 0.259 e. The van der Waals surface area contributed by atoms with E-state index in [4.69, 9.17) is 14.2 Å². The minimum absolute atomic E-state index is 0.0377. The van der Waals surface area contributed by atoms with Crippen molar-refractivity contribution < 1.29 is 50.6 Å². The summed E-state index contributed by atoms with van der Waals surface area (Å²) in [5.74, 6) is -3.99. The summed E-state index contributed by atoms with van der Waals surface area (Å²) in [5.41, 5.74) is -2.03. The van der Waals surface area contributed by atoms with Gasteiger partial charge in [0, 0.05) is 29.3 Å². The maximum Gasteiger partial charge on any atom is 0.259 e. The first-order valence-corrected chi connectivity index (χ1v) is 21.1. The molecule has 7 rings (SSSR count). The third-order valence-electron chi connectivity index (χ3n) is 12.1. The average molecular weight is 839 g/mol. The number of pyridine rings is 2. The monoisotopic (exact) mass is 838 g/mol. The van der Waals surface area contributed by atoms with Gasteiger partial charge in [0.15, 0.2) is 5.82 Å². The highest BCUT2D eigenvalue weighted by Crippen LogP contribution is 2.48. The molecule has 3 fully saturated rings. The highest BCUT2D eigenvalue weighted by molar-refractivity contribution is 7.91. The van der Waals surface area contributed by atoms with Crippen molar-refractivity contribution in [2.45, 2.75) is 87.3 Å². The van der Waals surface area contributed by atoms with Gasteiger partial charge < -0.3 is 29.7 Å². The maximum absolute atomic E-state index is 14.9. The Morgan fingerprint density at radius 3 is 2.54 bits per heavy atom. The van der Waals surface area contributed by atoms with Gasteiger partial charge in [0.2, 0.25) is 27.7 Å². The Labute approximate surface area is 340 Å². The van der Waals surface area contributed by atoms with E-state index in [1.54, 1.807) is 31.2 Å². The molecule has 2 aliphatic carbocycles. The van der Waals surface area contributed by atoms with Crippen LogP contribution in [0.4, 0.5) is 8.78 Å². The number of hydrogen-bond donors (Lipinski definition) is 3. The third-order valence-corrected chi connectivity index (χ3v) is 14.2. The molecule has 4 amide bonds. The van der Waals surface area contributed by atoms with Crippen LogP contribution in [0.25, 0.3) is 10.8 Å². The summed E-state index contributed by atoms with van der Waals surface area (Å²) >= 11 is 0. The highest BCUT2D eigenvalue weighted by Gasteiger charge is 2.64. The lowest BCUT2D eigenvalue weighted by Gasteiger charge is -2.33. The van der Waals surface area contributed by atoms with Crippen molar-refractivity contribution in [2.24, 2.45) is 17.8 Å². The van der Waals surface area contributed by atoms with Gasteiger partial charge in [-0.25, -0.2) is 22.2 Å². The van der Waals surface area contributed by atoms with Gasteiger partial charge in [-0.2, -0.15) is 0 Å². The normalized spacial score (nSPS) is 28.5. The zero-order valence-electron chi connectivity index (χ0n) is 33.2. The number of ether oxygens (including phenoxy) is 3. The summed E-state index contributed by atoms with van der Waals surface area (Å²) in [4.78, 5) is 66.5. The van der Waals surface area contributed by atoms with Crippen LogP contribution in [0.3, 0.4) is 0 Å². The van der Waals surface area contributed by atoms with Crippen molar-refractivity contribution in [3.05, 3.63) is 66.4 Å². The molecular weight excluding hydrogens is 791 g/mol. The molecule has 3 N–H and O–H groups in total. The Bertz CT molecular complexity index is 2290. The molecule has 2 saturated carbocycles. The molecule has 0 radical (unpaired) electrons. The fraction of sp³-hybridized carbons (Fsp3) is 0.512. The molecule has 1 saturated heterocycles. The van der Waals surface area contributed by atoms with Gasteiger partial charge in [-0.15, -0.1) is 0 Å². The number of alkyl halides is 1. The van der Waals surface area contributed by atoms with Crippen LogP contribution in [0.2, 0.25) is 0 Å².